The standard InChI is InChI=1S/C7H6O3S2/c1-5(9)10-12-7-6(4-8)2-3-11-7/h2-4H,1H3. The van der Waals surface area contributed by atoms with Crippen LogP contribution in [0.15, 0.2) is 15.7 Å². The summed E-state index contributed by atoms with van der Waals surface area (Å²) in [7, 11) is 0. The SMILES string of the molecule is CC(=O)OSc1sccc1C=O. The van der Waals surface area contributed by atoms with Gasteiger partial charge in [-0.15, -0.1) is 11.3 Å². The van der Waals surface area contributed by atoms with Crippen LogP contribution in [0.25, 0.3) is 0 Å². The molecule has 12 heavy (non-hydrogen) atoms. The number of aldehydes is 1. The summed E-state index contributed by atoms with van der Waals surface area (Å²) in [5.74, 6) is -0.370. The smallest absolute Gasteiger partial charge is 0.315 e. The molecule has 1 heterocycles. The van der Waals surface area contributed by atoms with Gasteiger partial charge >= 0.3 is 5.97 Å². The van der Waals surface area contributed by atoms with Crippen molar-refractivity contribution in [2.75, 3.05) is 0 Å². The Kier molecular flexibility index (Phi) is 3.31. The molecule has 0 aliphatic rings. The van der Waals surface area contributed by atoms with E-state index < -0.39 is 0 Å². The van der Waals surface area contributed by atoms with E-state index in [0.717, 1.165) is 18.3 Å². The third kappa shape index (κ3) is 2.35. The third-order valence-corrected chi connectivity index (χ3v) is 2.94. The number of thiophene rings is 1. The minimum atomic E-state index is -0.370. The molecule has 0 spiro atoms. The lowest BCUT2D eigenvalue weighted by atomic mass is 10.4. The second kappa shape index (κ2) is 4.27. The Morgan fingerprint density at radius 1 is 1.75 bits per heavy atom. The van der Waals surface area contributed by atoms with Crippen LogP contribution in [-0.2, 0) is 8.98 Å². The third-order valence-electron chi connectivity index (χ3n) is 1.02. The van der Waals surface area contributed by atoms with Gasteiger partial charge in [0.25, 0.3) is 0 Å². The molecule has 64 valence electrons. The van der Waals surface area contributed by atoms with Gasteiger partial charge in [-0.3, -0.25) is 9.59 Å². The first-order valence-electron chi connectivity index (χ1n) is 3.12. The molecule has 0 aromatic carbocycles. The zero-order chi connectivity index (χ0) is 8.97. The minimum Gasteiger partial charge on any atom is -0.385 e. The van der Waals surface area contributed by atoms with Gasteiger partial charge in [0.2, 0.25) is 0 Å². The summed E-state index contributed by atoms with van der Waals surface area (Å²) in [6.45, 7) is 1.32. The molecule has 0 saturated heterocycles. The zero-order valence-corrected chi connectivity index (χ0v) is 7.91. The first kappa shape index (κ1) is 9.28. The molecule has 0 bridgehead atoms. The predicted octanol–water partition coefficient (Wildman–Crippen LogP) is 2.13. The lowest BCUT2D eigenvalue weighted by Gasteiger charge is -1.95. The van der Waals surface area contributed by atoms with Gasteiger partial charge in [-0.05, 0) is 11.4 Å². The fraction of sp³-hybridized carbons (Fsp3) is 0.143. The minimum absolute atomic E-state index is 0.370. The normalized spacial score (nSPS) is 9.42. The van der Waals surface area contributed by atoms with Crippen molar-refractivity contribution < 1.29 is 13.8 Å². The Morgan fingerprint density at radius 3 is 3.08 bits per heavy atom. The Hall–Kier alpha value is -0.810. The summed E-state index contributed by atoms with van der Waals surface area (Å²) in [4.78, 5) is 20.8. The topological polar surface area (TPSA) is 43.4 Å². The van der Waals surface area contributed by atoms with E-state index in [2.05, 4.69) is 4.18 Å². The van der Waals surface area contributed by atoms with Crippen LogP contribution >= 0.6 is 23.4 Å². The number of hydrogen-bond donors (Lipinski definition) is 0. The Morgan fingerprint density at radius 2 is 2.50 bits per heavy atom. The van der Waals surface area contributed by atoms with Crippen LogP contribution in [-0.4, -0.2) is 12.3 Å². The predicted molar refractivity (Wildman–Crippen MR) is 47.3 cm³/mol. The van der Waals surface area contributed by atoms with E-state index in [1.165, 1.54) is 18.3 Å². The molecule has 1 aromatic heterocycles. The van der Waals surface area contributed by atoms with Crippen molar-refractivity contribution in [2.24, 2.45) is 0 Å². The molecule has 0 atom stereocenters. The van der Waals surface area contributed by atoms with Crippen LogP contribution in [0, 0.1) is 0 Å². The molecule has 0 unspecified atom stereocenters. The molecule has 1 aromatic rings. The highest BCUT2D eigenvalue weighted by atomic mass is 32.2. The van der Waals surface area contributed by atoms with Gasteiger partial charge in [-0.2, -0.15) is 0 Å². The number of hydrogen-bond acceptors (Lipinski definition) is 5. The van der Waals surface area contributed by atoms with Gasteiger partial charge in [-0.25, -0.2) is 0 Å². The van der Waals surface area contributed by atoms with Crippen molar-refractivity contribution in [2.45, 2.75) is 11.1 Å². The zero-order valence-electron chi connectivity index (χ0n) is 6.27. The van der Waals surface area contributed by atoms with Crippen LogP contribution in [0.2, 0.25) is 0 Å². The van der Waals surface area contributed by atoms with E-state index in [-0.39, 0.29) is 5.97 Å². The summed E-state index contributed by atoms with van der Waals surface area (Å²) in [6, 6.07) is 1.68. The maximum absolute atomic E-state index is 10.4. The van der Waals surface area contributed by atoms with Gasteiger partial charge < -0.3 is 4.18 Å². The van der Waals surface area contributed by atoms with Crippen molar-refractivity contribution in [1.29, 1.82) is 0 Å². The number of rotatable bonds is 3. The van der Waals surface area contributed by atoms with E-state index in [1.807, 2.05) is 0 Å². The van der Waals surface area contributed by atoms with Crippen LogP contribution in [0.1, 0.15) is 17.3 Å². The number of carbonyl (C=O) groups is 2. The lowest BCUT2D eigenvalue weighted by Crippen LogP contribution is -1.89. The van der Waals surface area contributed by atoms with Crippen LogP contribution in [0.5, 0.6) is 0 Å². The summed E-state index contributed by atoms with van der Waals surface area (Å²) in [5, 5.41) is 1.77. The van der Waals surface area contributed by atoms with Gasteiger partial charge in [-0.1, -0.05) is 0 Å². The lowest BCUT2D eigenvalue weighted by molar-refractivity contribution is -0.130. The summed E-state index contributed by atoms with van der Waals surface area (Å²) in [6.07, 6.45) is 0.738. The Labute approximate surface area is 77.9 Å². The summed E-state index contributed by atoms with van der Waals surface area (Å²) >= 11 is 2.29. The van der Waals surface area contributed by atoms with Gasteiger partial charge in [0, 0.05) is 12.5 Å². The van der Waals surface area contributed by atoms with E-state index >= 15 is 0 Å². The molecule has 3 nitrogen and oxygen atoms in total. The van der Waals surface area contributed by atoms with Gasteiger partial charge in [0.15, 0.2) is 6.29 Å². The first-order chi connectivity index (χ1) is 5.74. The second-order valence-electron chi connectivity index (χ2n) is 1.94. The van der Waals surface area contributed by atoms with Crippen molar-refractivity contribution in [1.82, 2.24) is 0 Å². The highest BCUT2D eigenvalue weighted by molar-refractivity contribution is 7.97. The van der Waals surface area contributed by atoms with E-state index in [1.54, 1.807) is 11.4 Å². The average Bonchev–Trinajstić information content (AvgIpc) is 2.47. The maximum atomic E-state index is 10.4. The quantitative estimate of drug-likeness (QED) is 0.556. The molecule has 0 saturated carbocycles. The highest BCUT2D eigenvalue weighted by Gasteiger charge is 2.05. The van der Waals surface area contributed by atoms with E-state index in [0.29, 0.717) is 9.77 Å². The molecule has 1 rings (SSSR count). The molecule has 0 N–H and O–H groups in total. The van der Waals surface area contributed by atoms with E-state index in [4.69, 9.17) is 0 Å². The molecule has 0 fully saturated rings. The molecular weight excluding hydrogens is 196 g/mol. The van der Waals surface area contributed by atoms with Crippen LogP contribution in [0.3, 0.4) is 0 Å². The van der Waals surface area contributed by atoms with Crippen molar-refractivity contribution in [3.63, 3.8) is 0 Å². The second-order valence-corrected chi connectivity index (χ2v) is 3.86. The molecular formula is C7H6O3S2. The molecule has 0 aliphatic carbocycles. The Bertz CT molecular complexity index is 293. The summed E-state index contributed by atoms with van der Waals surface area (Å²) < 4.78 is 5.37. The first-order valence-corrected chi connectivity index (χ1v) is 4.74. The van der Waals surface area contributed by atoms with Crippen LogP contribution < -0.4 is 0 Å². The molecule has 0 aliphatic heterocycles. The summed E-state index contributed by atoms with van der Waals surface area (Å²) in [5.41, 5.74) is 0.561. The number of carbonyl (C=O) groups excluding carboxylic acids is 2. The van der Waals surface area contributed by atoms with E-state index in [9.17, 15) is 9.59 Å². The van der Waals surface area contributed by atoms with Gasteiger partial charge in [0.1, 0.15) is 16.3 Å². The largest absolute Gasteiger partial charge is 0.385 e. The van der Waals surface area contributed by atoms with Crippen molar-refractivity contribution in [3.05, 3.63) is 17.0 Å². The fourth-order valence-electron chi connectivity index (χ4n) is 0.557. The van der Waals surface area contributed by atoms with Crippen molar-refractivity contribution in [3.8, 4) is 0 Å². The molecule has 0 radical (unpaired) electrons. The molecule has 0 amide bonds. The van der Waals surface area contributed by atoms with Crippen molar-refractivity contribution >= 4 is 35.6 Å². The maximum Gasteiger partial charge on any atom is 0.315 e. The molecule has 5 heteroatoms. The highest BCUT2D eigenvalue weighted by Crippen LogP contribution is 2.28. The van der Waals surface area contributed by atoms with Crippen LogP contribution in [0.4, 0.5) is 0 Å². The Balaban J connectivity index is 2.62. The monoisotopic (exact) mass is 202 g/mol. The van der Waals surface area contributed by atoms with Gasteiger partial charge in [0.05, 0.1) is 0 Å². The fourth-order valence-corrected chi connectivity index (χ4v) is 1.98. The average molecular weight is 202 g/mol.